The third-order valence-electron chi connectivity index (χ3n) is 0.976. The highest BCUT2D eigenvalue weighted by molar-refractivity contribution is 8.79. The van der Waals surface area contributed by atoms with Gasteiger partial charge in [-0.15, -0.1) is 0 Å². The fraction of sp³-hybridized carbons (Fsp3) is 1.00. The van der Waals surface area contributed by atoms with Gasteiger partial charge in [0.25, 0.3) is 0 Å². The third kappa shape index (κ3) is 6.13. The highest BCUT2D eigenvalue weighted by Crippen LogP contribution is 2.36. The molecule has 0 N–H and O–H groups in total. The fourth-order valence-electron chi connectivity index (χ4n) is 0.264. The van der Waals surface area contributed by atoms with Crippen molar-refractivity contribution in [2.24, 2.45) is 0 Å². The summed E-state index contributed by atoms with van der Waals surface area (Å²) in [4.78, 5) is 0. The van der Waals surface area contributed by atoms with Crippen LogP contribution in [-0.2, 0) is 0 Å². The predicted molar refractivity (Wildman–Crippen MR) is 61.3 cm³/mol. The Morgan fingerprint density at radius 2 is 1.30 bits per heavy atom. The van der Waals surface area contributed by atoms with Crippen LogP contribution in [-0.4, -0.2) is 9.16 Å². The lowest BCUT2D eigenvalue weighted by Gasteiger charge is -2.09. The largest absolute Gasteiger partial charge is 0.164 e. The maximum atomic E-state index is 4.35. The van der Waals surface area contributed by atoms with Gasteiger partial charge in [0, 0.05) is 0 Å². The number of rotatable bonds is 5. The van der Waals surface area contributed by atoms with E-state index in [9.17, 15) is 0 Å². The zero-order chi connectivity index (χ0) is 7.98. The maximum absolute atomic E-state index is 4.35. The second kappa shape index (κ2) is 7.07. The van der Waals surface area contributed by atoms with Crippen LogP contribution in [0.2, 0.25) is 0 Å². The summed E-state index contributed by atoms with van der Waals surface area (Å²) in [7, 11) is 3.63. The average molecular weight is 214 g/mol. The number of hydrogen-bond donors (Lipinski definition) is 2. The van der Waals surface area contributed by atoms with Gasteiger partial charge >= 0.3 is 0 Å². The van der Waals surface area contributed by atoms with Crippen LogP contribution in [0.25, 0.3) is 0 Å². The van der Waals surface area contributed by atoms with Crippen molar-refractivity contribution in [2.45, 2.75) is 35.9 Å². The molecule has 0 aromatic rings. The average Bonchev–Trinajstić information content (AvgIpc) is 1.99. The first-order valence-electron chi connectivity index (χ1n) is 3.39. The summed E-state index contributed by atoms with van der Waals surface area (Å²) in [6, 6.07) is 0. The molecule has 0 saturated carbocycles. The van der Waals surface area contributed by atoms with E-state index in [2.05, 4.69) is 39.1 Å². The van der Waals surface area contributed by atoms with E-state index in [4.69, 9.17) is 0 Å². The quantitative estimate of drug-likeness (QED) is 0.407. The molecule has 2 atom stereocenters. The van der Waals surface area contributed by atoms with Crippen LogP contribution in [0, 0.1) is 0 Å². The van der Waals surface area contributed by atoms with Gasteiger partial charge in [-0.3, -0.25) is 0 Å². The van der Waals surface area contributed by atoms with Crippen molar-refractivity contribution >= 4 is 46.8 Å². The molecular weight excluding hydrogens is 200 g/mol. The van der Waals surface area contributed by atoms with E-state index >= 15 is 0 Å². The van der Waals surface area contributed by atoms with Gasteiger partial charge in [-0.1, -0.05) is 35.4 Å². The minimum Gasteiger partial charge on any atom is -0.164 e. The Kier molecular flexibility index (Phi) is 8.06. The summed E-state index contributed by atoms with van der Waals surface area (Å²) in [5.74, 6) is 0. The Morgan fingerprint density at radius 1 is 1.00 bits per heavy atom. The van der Waals surface area contributed by atoms with E-state index in [0.29, 0.717) is 9.16 Å². The molecule has 0 aliphatic heterocycles. The first-order valence-corrected chi connectivity index (χ1v) is 6.69. The molecule has 0 bridgehead atoms. The van der Waals surface area contributed by atoms with Crippen molar-refractivity contribution in [2.75, 3.05) is 0 Å². The van der Waals surface area contributed by atoms with Gasteiger partial charge in [-0.25, -0.2) is 0 Å². The smallest absolute Gasteiger partial charge is 0.0573 e. The standard InChI is InChI=1S/C6H14S4/c1-3-5(7)9-10-6(8)4-2/h5-8H,3-4H2,1-2H3. The monoisotopic (exact) mass is 214 g/mol. The molecule has 0 aliphatic rings. The fourth-order valence-corrected chi connectivity index (χ4v) is 3.27. The Balaban J connectivity index is 3.17. The second-order valence-electron chi connectivity index (χ2n) is 1.92. The summed E-state index contributed by atoms with van der Waals surface area (Å²) in [5.41, 5.74) is 0. The molecule has 0 fully saturated rings. The molecule has 0 saturated heterocycles. The molecule has 0 aromatic carbocycles. The highest BCUT2D eigenvalue weighted by Gasteiger charge is 2.04. The van der Waals surface area contributed by atoms with Crippen molar-refractivity contribution in [1.29, 1.82) is 0 Å². The van der Waals surface area contributed by atoms with Gasteiger partial charge in [0.2, 0.25) is 0 Å². The van der Waals surface area contributed by atoms with Crippen LogP contribution >= 0.6 is 46.8 Å². The molecule has 2 unspecified atom stereocenters. The van der Waals surface area contributed by atoms with Crippen LogP contribution in [0.1, 0.15) is 26.7 Å². The molecule has 0 heterocycles. The van der Waals surface area contributed by atoms with Crippen LogP contribution in [0.15, 0.2) is 0 Å². The zero-order valence-electron chi connectivity index (χ0n) is 6.28. The van der Waals surface area contributed by atoms with Gasteiger partial charge in [0.05, 0.1) is 9.16 Å². The molecule has 0 aromatic heterocycles. The molecule has 0 radical (unpaired) electrons. The van der Waals surface area contributed by atoms with Crippen molar-refractivity contribution in [3.63, 3.8) is 0 Å². The molecule has 62 valence electrons. The summed E-state index contributed by atoms with van der Waals surface area (Å²) >= 11 is 8.70. The Bertz CT molecular complexity index is 66.1. The van der Waals surface area contributed by atoms with Crippen molar-refractivity contribution in [3.8, 4) is 0 Å². The van der Waals surface area contributed by atoms with E-state index in [1.807, 2.05) is 21.6 Å². The summed E-state index contributed by atoms with van der Waals surface area (Å²) in [6.45, 7) is 4.29. The lowest BCUT2D eigenvalue weighted by Crippen LogP contribution is -1.89. The van der Waals surface area contributed by atoms with Crippen molar-refractivity contribution in [3.05, 3.63) is 0 Å². The molecule has 0 amide bonds. The lowest BCUT2D eigenvalue weighted by molar-refractivity contribution is 1.06. The Hall–Kier alpha value is 1.40. The highest BCUT2D eigenvalue weighted by atomic mass is 33.1. The lowest BCUT2D eigenvalue weighted by atomic mass is 10.6. The predicted octanol–water partition coefficient (Wildman–Crippen LogP) is 3.70. The first kappa shape index (κ1) is 11.4. The van der Waals surface area contributed by atoms with E-state index in [1.165, 1.54) is 0 Å². The molecule has 0 spiro atoms. The molecule has 10 heavy (non-hydrogen) atoms. The molecular formula is C6H14S4. The molecule has 4 heteroatoms. The molecule has 0 nitrogen and oxygen atoms in total. The number of hydrogen-bond acceptors (Lipinski definition) is 4. The second-order valence-corrected chi connectivity index (χ2v) is 6.54. The summed E-state index contributed by atoms with van der Waals surface area (Å²) in [5, 5.41) is 0. The van der Waals surface area contributed by atoms with E-state index in [-0.39, 0.29) is 0 Å². The van der Waals surface area contributed by atoms with Gasteiger partial charge in [-0.2, -0.15) is 25.3 Å². The normalized spacial score (nSPS) is 16.8. The van der Waals surface area contributed by atoms with Crippen LogP contribution < -0.4 is 0 Å². The van der Waals surface area contributed by atoms with Gasteiger partial charge in [-0.05, 0) is 12.8 Å². The third-order valence-corrected chi connectivity index (χ3v) is 6.14. The minimum absolute atomic E-state index is 0.464. The number of thiol groups is 2. The van der Waals surface area contributed by atoms with Gasteiger partial charge in [0.15, 0.2) is 0 Å². The van der Waals surface area contributed by atoms with Crippen LogP contribution in [0.3, 0.4) is 0 Å². The van der Waals surface area contributed by atoms with Gasteiger partial charge in [0.1, 0.15) is 0 Å². The van der Waals surface area contributed by atoms with Gasteiger partial charge < -0.3 is 0 Å². The van der Waals surface area contributed by atoms with E-state index < -0.39 is 0 Å². The molecule has 0 rings (SSSR count). The van der Waals surface area contributed by atoms with Crippen LogP contribution in [0.5, 0.6) is 0 Å². The Morgan fingerprint density at radius 3 is 1.50 bits per heavy atom. The van der Waals surface area contributed by atoms with E-state index in [1.54, 1.807) is 0 Å². The zero-order valence-corrected chi connectivity index (χ0v) is 9.70. The van der Waals surface area contributed by atoms with E-state index in [0.717, 1.165) is 12.8 Å². The SMILES string of the molecule is CCC(S)SSC(S)CC. The Labute approximate surface area is 82.5 Å². The van der Waals surface area contributed by atoms with Crippen molar-refractivity contribution < 1.29 is 0 Å². The summed E-state index contributed by atoms with van der Waals surface area (Å²) in [6.07, 6.45) is 2.23. The maximum Gasteiger partial charge on any atom is 0.0573 e. The summed E-state index contributed by atoms with van der Waals surface area (Å²) < 4.78 is 0.928. The topological polar surface area (TPSA) is 0 Å². The van der Waals surface area contributed by atoms with Crippen LogP contribution in [0.4, 0.5) is 0 Å². The first-order chi connectivity index (χ1) is 4.70. The van der Waals surface area contributed by atoms with Crippen molar-refractivity contribution in [1.82, 2.24) is 0 Å². The molecule has 0 aliphatic carbocycles. The minimum atomic E-state index is 0.464.